The van der Waals surface area contributed by atoms with Crippen LogP contribution in [-0.4, -0.2) is 37.8 Å². The Kier molecular flexibility index (Phi) is 6.32. The highest BCUT2D eigenvalue weighted by molar-refractivity contribution is 7.89. The van der Waals surface area contributed by atoms with E-state index in [1.165, 1.54) is 25.1 Å². The Bertz CT molecular complexity index is 597. The third-order valence-electron chi connectivity index (χ3n) is 3.28. The van der Waals surface area contributed by atoms with Crippen LogP contribution in [-0.2, 0) is 10.0 Å². The van der Waals surface area contributed by atoms with E-state index in [2.05, 4.69) is 4.72 Å². The zero-order chi connectivity index (χ0) is 16.0. The van der Waals surface area contributed by atoms with Crippen LogP contribution in [0.5, 0.6) is 0 Å². The molecule has 0 aliphatic carbocycles. The highest BCUT2D eigenvalue weighted by Gasteiger charge is 2.20. The fraction of sp³-hybridized carbons (Fsp3) is 0.500. The van der Waals surface area contributed by atoms with Gasteiger partial charge in [0.15, 0.2) is 0 Å². The van der Waals surface area contributed by atoms with Gasteiger partial charge in [-0.1, -0.05) is 13.0 Å². The molecule has 3 N–H and O–H groups in total. The summed E-state index contributed by atoms with van der Waals surface area (Å²) in [4.78, 5) is 11.0. The van der Waals surface area contributed by atoms with Gasteiger partial charge in [-0.25, -0.2) is 17.9 Å². The zero-order valence-electron chi connectivity index (χ0n) is 12.2. The van der Waals surface area contributed by atoms with Crippen molar-refractivity contribution in [3.05, 3.63) is 29.3 Å². The van der Waals surface area contributed by atoms with Gasteiger partial charge in [-0.2, -0.15) is 0 Å². The van der Waals surface area contributed by atoms with E-state index in [-0.39, 0.29) is 35.1 Å². The Morgan fingerprint density at radius 1 is 1.38 bits per heavy atom. The number of aliphatic hydroxyl groups is 1. The van der Waals surface area contributed by atoms with E-state index in [0.29, 0.717) is 12.8 Å². The van der Waals surface area contributed by atoms with Crippen LogP contribution < -0.4 is 4.72 Å². The van der Waals surface area contributed by atoms with Crippen LogP contribution in [0.4, 0.5) is 0 Å². The van der Waals surface area contributed by atoms with Gasteiger partial charge in [0.25, 0.3) is 0 Å². The monoisotopic (exact) mass is 315 g/mol. The first kappa shape index (κ1) is 17.6. The SMILES string of the molecule is Cc1c(C(=O)O)cccc1S(=O)(=O)NCCCC(C)CO. The molecule has 0 saturated heterocycles. The summed E-state index contributed by atoms with van der Waals surface area (Å²) < 4.78 is 26.8. The predicted molar refractivity (Wildman–Crippen MR) is 78.8 cm³/mol. The lowest BCUT2D eigenvalue weighted by Gasteiger charge is -2.12. The Balaban J connectivity index is 2.80. The highest BCUT2D eigenvalue weighted by atomic mass is 32.2. The average molecular weight is 315 g/mol. The fourth-order valence-electron chi connectivity index (χ4n) is 1.96. The number of rotatable bonds is 8. The van der Waals surface area contributed by atoms with Crippen LogP contribution in [0.2, 0.25) is 0 Å². The maximum absolute atomic E-state index is 12.2. The Labute approximate surface area is 124 Å². The molecular formula is C14H21NO5S. The maximum atomic E-state index is 12.2. The molecule has 6 nitrogen and oxygen atoms in total. The van der Waals surface area contributed by atoms with E-state index in [4.69, 9.17) is 10.2 Å². The molecule has 1 unspecified atom stereocenters. The molecular weight excluding hydrogens is 294 g/mol. The van der Waals surface area contributed by atoms with Crippen molar-refractivity contribution in [3.8, 4) is 0 Å². The summed E-state index contributed by atoms with van der Waals surface area (Å²) in [5.74, 6) is -1.02. The third kappa shape index (κ3) is 4.80. The van der Waals surface area contributed by atoms with E-state index < -0.39 is 16.0 Å². The van der Waals surface area contributed by atoms with Crippen LogP contribution in [0.25, 0.3) is 0 Å². The van der Waals surface area contributed by atoms with Gasteiger partial charge in [-0.15, -0.1) is 0 Å². The van der Waals surface area contributed by atoms with Crippen molar-refractivity contribution >= 4 is 16.0 Å². The van der Waals surface area contributed by atoms with Crippen molar-refractivity contribution in [1.82, 2.24) is 4.72 Å². The molecule has 0 saturated carbocycles. The molecule has 1 aromatic carbocycles. The van der Waals surface area contributed by atoms with Gasteiger partial charge >= 0.3 is 5.97 Å². The van der Waals surface area contributed by atoms with E-state index >= 15 is 0 Å². The van der Waals surface area contributed by atoms with Gasteiger partial charge in [0, 0.05) is 13.2 Å². The van der Waals surface area contributed by atoms with Crippen molar-refractivity contribution in [2.75, 3.05) is 13.2 Å². The second kappa shape index (κ2) is 7.53. The Hall–Kier alpha value is -1.44. The van der Waals surface area contributed by atoms with Gasteiger partial charge in [0.1, 0.15) is 0 Å². The van der Waals surface area contributed by atoms with E-state index in [1.807, 2.05) is 6.92 Å². The lowest BCUT2D eigenvalue weighted by molar-refractivity contribution is 0.0696. The number of aliphatic hydroxyl groups excluding tert-OH is 1. The molecule has 7 heteroatoms. The van der Waals surface area contributed by atoms with Crippen molar-refractivity contribution in [1.29, 1.82) is 0 Å². The molecule has 0 aromatic heterocycles. The van der Waals surface area contributed by atoms with Crippen molar-refractivity contribution in [2.24, 2.45) is 5.92 Å². The molecule has 1 aromatic rings. The number of sulfonamides is 1. The molecule has 0 spiro atoms. The second-order valence-electron chi connectivity index (χ2n) is 5.06. The van der Waals surface area contributed by atoms with Crippen LogP contribution in [0, 0.1) is 12.8 Å². The minimum atomic E-state index is -3.73. The van der Waals surface area contributed by atoms with Crippen molar-refractivity contribution in [3.63, 3.8) is 0 Å². The third-order valence-corrected chi connectivity index (χ3v) is 4.89. The second-order valence-corrected chi connectivity index (χ2v) is 6.80. The lowest BCUT2D eigenvalue weighted by Crippen LogP contribution is -2.26. The van der Waals surface area contributed by atoms with Crippen molar-refractivity contribution in [2.45, 2.75) is 31.6 Å². The average Bonchev–Trinajstić information content (AvgIpc) is 2.43. The number of carbonyl (C=O) groups is 1. The van der Waals surface area contributed by atoms with Crippen molar-refractivity contribution < 1.29 is 23.4 Å². The molecule has 0 amide bonds. The molecule has 0 bridgehead atoms. The van der Waals surface area contributed by atoms with E-state index in [1.54, 1.807) is 0 Å². The largest absolute Gasteiger partial charge is 0.478 e. The summed E-state index contributed by atoms with van der Waals surface area (Å²) in [5, 5.41) is 17.9. The maximum Gasteiger partial charge on any atom is 0.335 e. The molecule has 0 fully saturated rings. The quantitative estimate of drug-likeness (QED) is 0.629. The first-order valence-corrected chi connectivity index (χ1v) is 8.21. The molecule has 0 radical (unpaired) electrons. The topological polar surface area (TPSA) is 104 Å². The highest BCUT2D eigenvalue weighted by Crippen LogP contribution is 2.19. The van der Waals surface area contributed by atoms with Gasteiger partial charge in [0.2, 0.25) is 10.0 Å². The fourth-order valence-corrected chi connectivity index (χ4v) is 3.30. The van der Waals surface area contributed by atoms with Crippen LogP contribution in [0.3, 0.4) is 0 Å². The lowest BCUT2D eigenvalue weighted by atomic mass is 10.1. The van der Waals surface area contributed by atoms with Gasteiger partial charge in [-0.3, -0.25) is 0 Å². The number of carboxylic acid groups (broad SMARTS) is 1. The normalized spacial score (nSPS) is 13.1. The van der Waals surface area contributed by atoms with Crippen LogP contribution in [0.15, 0.2) is 23.1 Å². The summed E-state index contributed by atoms with van der Waals surface area (Å²) in [6, 6.07) is 4.18. The van der Waals surface area contributed by atoms with Gasteiger partial charge in [-0.05, 0) is 43.4 Å². The molecule has 118 valence electrons. The summed E-state index contributed by atoms with van der Waals surface area (Å²) in [6.07, 6.45) is 1.33. The first-order valence-electron chi connectivity index (χ1n) is 6.73. The Morgan fingerprint density at radius 3 is 2.62 bits per heavy atom. The molecule has 0 aliphatic rings. The number of benzene rings is 1. The summed E-state index contributed by atoms with van der Waals surface area (Å²) in [5.41, 5.74) is 0.202. The smallest absolute Gasteiger partial charge is 0.335 e. The number of hydrogen-bond donors (Lipinski definition) is 3. The summed E-state index contributed by atoms with van der Waals surface area (Å²) in [7, 11) is -3.73. The minimum Gasteiger partial charge on any atom is -0.478 e. The molecule has 0 heterocycles. The number of carboxylic acids is 1. The molecule has 1 atom stereocenters. The number of aromatic carboxylic acids is 1. The Morgan fingerprint density at radius 2 is 2.05 bits per heavy atom. The van der Waals surface area contributed by atoms with Gasteiger partial charge in [0.05, 0.1) is 10.5 Å². The summed E-state index contributed by atoms with van der Waals surface area (Å²) in [6.45, 7) is 3.69. The summed E-state index contributed by atoms with van der Waals surface area (Å²) >= 11 is 0. The first-order chi connectivity index (χ1) is 9.79. The predicted octanol–water partition coefficient (Wildman–Crippen LogP) is 1.38. The standard InChI is InChI=1S/C14H21NO5S/c1-10(9-16)5-4-8-15-21(19,20)13-7-3-6-12(11(13)2)14(17)18/h3,6-7,10,15-16H,4-5,8-9H2,1-2H3,(H,17,18). The minimum absolute atomic E-state index is 0.0161. The zero-order valence-corrected chi connectivity index (χ0v) is 13.0. The van der Waals surface area contributed by atoms with Crippen LogP contribution >= 0.6 is 0 Å². The number of nitrogens with one attached hydrogen (secondary N) is 1. The van der Waals surface area contributed by atoms with Crippen LogP contribution in [0.1, 0.15) is 35.7 Å². The van der Waals surface area contributed by atoms with Gasteiger partial charge < -0.3 is 10.2 Å². The molecule has 0 aliphatic heterocycles. The van der Waals surface area contributed by atoms with E-state index in [9.17, 15) is 13.2 Å². The molecule has 21 heavy (non-hydrogen) atoms. The molecule has 1 rings (SSSR count). The number of hydrogen-bond acceptors (Lipinski definition) is 4. The van der Waals surface area contributed by atoms with E-state index in [0.717, 1.165) is 0 Å².